The van der Waals surface area contributed by atoms with Crippen molar-refractivity contribution in [3.63, 3.8) is 0 Å². The van der Waals surface area contributed by atoms with Gasteiger partial charge in [-0.05, 0) is 47.7 Å². The molecule has 2 nitrogen and oxygen atoms in total. The summed E-state index contributed by atoms with van der Waals surface area (Å²) in [6, 6.07) is 19.5. The van der Waals surface area contributed by atoms with Gasteiger partial charge in [0.25, 0.3) is 0 Å². The first kappa shape index (κ1) is 15.0. The van der Waals surface area contributed by atoms with Crippen molar-refractivity contribution in [1.29, 1.82) is 0 Å². The number of aromatic hydroxyl groups is 1. The molecule has 0 radical (unpaired) electrons. The van der Waals surface area contributed by atoms with Crippen molar-refractivity contribution < 1.29 is 9.90 Å². The summed E-state index contributed by atoms with van der Waals surface area (Å²) in [6.07, 6.45) is 0.735. The summed E-state index contributed by atoms with van der Waals surface area (Å²) in [4.78, 5) is 11.6. The van der Waals surface area contributed by atoms with Crippen molar-refractivity contribution in [2.45, 2.75) is 13.8 Å². The third-order valence-corrected chi connectivity index (χ3v) is 4.21. The smallest absolute Gasteiger partial charge is 0.154 e. The van der Waals surface area contributed by atoms with Gasteiger partial charge in [0.1, 0.15) is 5.75 Å². The molecule has 3 rings (SSSR count). The summed E-state index contributed by atoms with van der Waals surface area (Å²) in [5.74, 6) is 0.0371. The Kier molecular flexibility index (Phi) is 3.98. The van der Waals surface area contributed by atoms with Crippen molar-refractivity contribution in [2.24, 2.45) is 0 Å². The number of rotatable bonds is 3. The first-order valence-corrected chi connectivity index (χ1v) is 7.56. The molecule has 0 atom stereocenters. The minimum absolute atomic E-state index is 0.0371. The first-order valence-electron chi connectivity index (χ1n) is 7.56. The number of hydrogen-bond acceptors (Lipinski definition) is 2. The summed E-state index contributed by atoms with van der Waals surface area (Å²) >= 11 is 0. The van der Waals surface area contributed by atoms with Crippen LogP contribution in [0.2, 0.25) is 0 Å². The van der Waals surface area contributed by atoms with Gasteiger partial charge >= 0.3 is 0 Å². The van der Waals surface area contributed by atoms with Crippen molar-refractivity contribution in [3.8, 4) is 28.0 Å². The van der Waals surface area contributed by atoms with E-state index >= 15 is 0 Å². The number of phenols is 1. The van der Waals surface area contributed by atoms with Crippen molar-refractivity contribution >= 4 is 6.29 Å². The molecular formula is C21H18O2. The zero-order valence-corrected chi connectivity index (χ0v) is 13.2. The van der Waals surface area contributed by atoms with Gasteiger partial charge in [0.2, 0.25) is 0 Å². The zero-order valence-electron chi connectivity index (χ0n) is 13.2. The molecule has 0 aliphatic rings. The van der Waals surface area contributed by atoms with Crippen LogP contribution in [0, 0.1) is 13.8 Å². The molecule has 0 heterocycles. The molecule has 0 bridgehead atoms. The molecule has 114 valence electrons. The van der Waals surface area contributed by atoms with Crippen LogP contribution in [0.5, 0.6) is 5.75 Å². The average molecular weight is 302 g/mol. The molecule has 1 N–H and O–H groups in total. The van der Waals surface area contributed by atoms with Gasteiger partial charge in [0.15, 0.2) is 6.29 Å². The van der Waals surface area contributed by atoms with Crippen LogP contribution in [0.15, 0.2) is 60.7 Å². The minimum atomic E-state index is 0.0371. The van der Waals surface area contributed by atoms with E-state index in [-0.39, 0.29) is 5.75 Å². The number of benzene rings is 3. The van der Waals surface area contributed by atoms with Gasteiger partial charge in [0.05, 0.1) is 5.56 Å². The second-order valence-electron chi connectivity index (χ2n) is 5.67. The van der Waals surface area contributed by atoms with E-state index < -0.39 is 0 Å². The van der Waals surface area contributed by atoms with E-state index in [0.29, 0.717) is 11.1 Å². The molecule has 3 aromatic carbocycles. The van der Waals surface area contributed by atoms with Crippen LogP contribution in [0.25, 0.3) is 22.3 Å². The summed E-state index contributed by atoms with van der Waals surface area (Å²) in [7, 11) is 0. The molecule has 0 fully saturated rings. The third kappa shape index (κ3) is 2.64. The van der Waals surface area contributed by atoms with Crippen molar-refractivity contribution in [3.05, 3.63) is 77.4 Å². The molecule has 0 saturated carbocycles. The lowest BCUT2D eigenvalue weighted by atomic mass is 9.91. The van der Waals surface area contributed by atoms with Gasteiger partial charge in [-0.2, -0.15) is 0 Å². The van der Waals surface area contributed by atoms with Crippen molar-refractivity contribution in [2.75, 3.05) is 0 Å². The van der Waals surface area contributed by atoms with E-state index in [0.717, 1.165) is 34.1 Å². The summed E-state index contributed by atoms with van der Waals surface area (Å²) in [6.45, 7) is 3.99. The number of carbonyl (C=O) groups excluding carboxylic acids is 1. The fraction of sp³-hybridized carbons (Fsp3) is 0.0952. The summed E-state index contributed by atoms with van der Waals surface area (Å²) < 4.78 is 0. The van der Waals surface area contributed by atoms with E-state index in [9.17, 15) is 9.90 Å². The number of carbonyl (C=O) groups is 1. The molecule has 0 aliphatic heterocycles. The fourth-order valence-corrected chi connectivity index (χ4v) is 2.93. The van der Waals surface area contributed by atoms with Gasteiger partial charge < -0.3 is 5.11 Å². The standard InChI is InChI=1S/C21H18O2/c1-14-7-3-5-9-16(14)18-11-12-19(21(23)20(18)13-22)17-10-6-4-8-15(17)2/h3-13,23H,1-2H3. The van der Waals surface area contributed by atoms with Gasteiger partial charge in [-0.25, -0.2) is 0 Å². The Bertz CT molecular complexity index is 879. The molecule has 0 spiro atoms. The monoisotopic (exact) mass is 302 g/mol. The maximum atomic E-state index is 11.6. The Balaban J connectivity index is 2.24. The van der Waals surface area contributed by atoms with Gasteiger partial charge in [-0.3, -0.25) is 4.79 Å². The maximum Gasteiger partial charge on any atom is 0.154 e. The van der Waals surface area contributed by atoms with Crippen molar-refractivity contribution in [1.82, 2.24) is 0 Å². The highest BCUT2D eigenvalue weighted by Crippen LogP contribution is 2.39. The molecule has 0 unspecified atom stereocenters. The number of phenolic OH excluding ortho intramolecular Hbond substituents is 1. The highest BCUT2D eigenvalue weighted by Gasteiger charge is 2.16. The highest BCUT2D eigenvalue weighted by molar-refractivity contribution is 5.95. The predicted octanol–water partition coefficient (Wildman–Crippen LogP) is 5.16. The normalized spacial score (nSPS) is 10.5. The Hall–Kier alpha value is -2.87. The van der Waals surface area contributed by atoms with E-state index in [1.54, 1.807) is 0 Å². The Morgan fingerprint density at radius 3 is 1.70 bits per heavy atom. The van der Waals surface area contributed by atoms with Crippen LogP contribution in [0.4, 0.5) is 0 Å². The Morgan fingerprint density at radius 2 is 1.17 bits per heavy atom. The maximum absolute atomic E-state index is 11.6. The molecule has 0 amide bonds. The predicted molar refractivity (Wildman–Crippen MR) is 93.8 cm³/mol. The Morgan fingerprint density at radius 1 is 0.696 bits per heavy atom. The third-order valence-electron chi connectivity index (χ3n) is 4.21. The SMILES string of the molecule is Cc1ccccc1-c1ccc(-c2ccccc2C)c(C=O)c1O. The number of hydrogen-bond donors (Lipinski definition) is 1. The summed E-state index contributed by atoms with van der Waals surface area (Å²) in [5.41, 5.74) is 5.79. The average Bonchev–Trinajstić information content (AvgIpc) is 2.56. The van der Waals surface area contributed by atoms with Crippen LogP contribution in [-0.2, 0) is 0 Å². The fourth-order valence-electron chi connectivity index (χ4n) is 2.93. The zero-order chi connectivity index (χ0) is 16.4. The summed E-state index contributed by atoms with van der Waals surface area (Å²) in [5, 5.41) is 10.7. The molecule has 23 heavy (non-hydrogen) atoms. The topological polar surface area (TPSA) is 37.3 Å². The first-order chi connectivity index (χ1) is 11.1. The van der Waals surface area contributed by atoms with E-state index in [1.165, 1.54) is 0 Å². The Labute approximate surface area is 136 Å². The number of aldehydes is 1. The molecule has 0 saturated heterocycles. The molecule has 2 heteroatoms. The van der Waals surface area contributed by atoms with E-state index in [1.807, 2.05) is 74.5 Å². The molecule has 0 aromatic heterocycles. The lowest BCUT2D eigenvalue weighted by Gasteiger charge is -2.14. The second kappa shape index (κ2) is 6.09. The van der Waals surface area contributed by atoms with Gasteiger partial charge in [-0.15, -0.1) is 0 Å². The minimum Gasteiger partial charge on any atom is -0.507 e. The molecule has 3 aromatic rings. The molecular weight excluding hydrogens is 284 g/mol. The molecule has 0 aliphatic carbocycles. The van der Waals surface area contributed by atoms with E-state index in [4.69, 9.17) is 0 Å². The largest absolute Gasteiger partial charge is 0.507 e. The van der Waals surface area contributed by atoms with Crippen LogP contribution >= 0.6 is 0 Å². The lowest BCUT2D eigenvalue weighted by Crippen LogP contribution is -1.94. The van der Waals surface area contributed by atoms with Crippen LogP contribution in [-0.4, -0.2) is 11.4 Å². The van der Waals surface area contributed by atoms with Crippen LogP contribution < -0.4 is 0 Å². The second-order valence-corrected chi connectivity index (χ2v) is 5.67. The van der Waals surface area contributed by atoms with Crippen LogP contribution in [0.3, 0.4) is 0 Å². The van der Waals surface area contributed by atoms with Gasteiger partial charge in [-0.1, -0.05) is 54.6 Å². The lowest BCUT2D eigenvalue weighted by molar-refractivity contribution is 0.112. The number of aryl methyl sites for hydroxylation is 2. The highest BCUT2D eigenvalue weighted by atomic mass is 16.3. The quantitative estimate of drug-likeness (QED) is 0.679. The van der Waals surface area contributed by atoms with Crippen LogP contribution in [0.1, 0.15) is 21.5 Å². The van der Waals surface area contributed by atoms with Gasteiger partial charge in [0, 0.05) is 5.56 Å². The van der Waals surface area contributed by atoms with E-state index in [2.05, 4.69) is 0 Å².